The van der Waals surface area contributed by atoms with Crippen molar-refractivity contribution in [2.45, 2.75) is 43.8 Å². The van der Waals surface area contributed by atoms with Crippen LogP contribution < -0.4 is 5.32 Å². The van der Waals surface area contributed by atoms with Gasteiger partial charge in [0.2, 0.25) is 0 Å². The van der Waals surface area contributed by atoms with Crippen LogP contribution in [0.4, 0.5) is 19.3 Å². The van der Waals surface area contributed by atoms with E-state index in [1.165, 1.54) is 6.07 Å². The maximum Gasteiger partial charge on any atom is 0.322 e. The van der Waals surface area contributed by atoms with Crippen LogP contribution in [0.3, 0.4) is 0 Å². The summed E-state index contributed by atoms with van der Waals surface area (Å²) in [5, 5.41) is 10.8. The predicted molar refractivity (Wildman–Crippen MR) is 82.3 cm³/mol. The fourth-order valence-corrected chi connectivity index (χ4v) is 3.87. The van der Waals surface area contributed by atoms with Gasteiger partial charge in [0, 0.05) is 12.1 Å². The van der Waals surface area contributed by atoms with Crippen molar-refractivity contribution in [1.29, 1.82) is 0 Å². The van der Waals surface area contributed by atoms with Crippen molar-refractivity contribution in [3.63, 3.8) is 0 Å². The van der Waals surface area contributed by atoms with Gasteiger partial charge in [0.05, 0.1) is 18.4 Å². The van der Waals surface area contributed by atoms with Crippen LogP contribution in [0.5, 0.6) is 0 Å². The lowest BCUT2D eigenvalue weighted by Crippen LogP contribution is -2.49. The Bertz CT molecular complexity index is 717. The van der Waals surface area contributed by atoms with Crippen LogP contribution in [0.1, 0.15) is 31.7 Å². The molecule has 24 heavy (non-hydrogen) atoms. The predicted octanol–water partition coefficient (Wildman–Crippen LogP) is 2.96. The third-order valence-electron chi connectivity index (χ3n) is 4.90. The molecule has 6 nitrogen and oxygen atoms in total. The molecule has 1 N–H and O–H groups in total. The van der Waals surface area contributed by atoms with E-state index in [2.05, 4.69) is 15.5 Å². The number of aromatic nitrogens is 3. The van der Waals surface area contributed by atoms with Crippen molar-refractivity contribution in [2.24, 2.45) is 0 Å². The van der Waals surface area contributed by atoms with Gasteiger partial charge in [0.15, 0.2) is 0 Å². The summed E-state index contributed by atoms with van der Waals surface area (Å²) in [4.78, 5) is 16.0. The molecular formula is C16H17F2N5O. The topological polar surface area (TPSA) is 63.1 Å². The van der Waals surface area contributed by atoms with E-state index in [9.17, 15) is 13.6 Å². The number of urea groups is 1. The van der Waals surface area contributed by atoms with Gasteiger partial charge >= 0.3 is 6.03 Å². The minimum atomic E-state index is -0.772. The van der Waals surface area contributed by atoms with Gasteiger partial charge in [-0.15, -0.1) is 0 Å². The minimum Gasteiger partial charge on any atom is -0.318 e. The summed E-state index contributed by atoms with van der Waals surface area (Å²) in [6.07, 6.45) is 6.55. The van der Waals surface area contributed by atoms with E-state index in [4.69, 9.17) is 0 Å². The number of fused-ring (bicyclic) bond motifs is 2. The Hall–Kier alpha value is -2.51. The van der Waals surface area contributed by atoms with Crippen LogP contribution in [-0.2, 0) is 0 Å². The Morgan fingerprint density at radius 1 is 1.04 bits per heavy atom. The first-order valence-electron chi connectivity index (χ1n) is 8.02. The van der Waals surface area contributed by atoms with Gasteiger partial charge in [-0.2, -0.15) is 15.0 Å². The molecule has 2 amide bonds. The van der Waals surface area contributed by atoms with Crippen molar-refractivity contribution >= 4 is 11.7 Å². The molecule has 8 heteroatoms. The minimum absolute atomic E-state index is 0.0367. The number of carbonyl (C=O) groups is 1. The summed E-state index contributed by atoms with van der Waals surface area (Å²) in [6, 6.07) is 3.31. The number of hydrogen-bond donors (Lipinski definition) is 1. The molecule has 2 atom stereocenters. The highest BCUT2D eigenvalue weighted by Gasteiger charge is 2.44. The number of para-hydroxylation sites is 1. The van der Waals surface area contributed by atoms with E-state index in [1.54, 1.807) is 22.1 Å². The van der Waals surface area contributed by atoms with Gasteiger partial charge in [-0.25, -0.2) is 13.6 Å². The molecule has 2 aliphatic rings. The fourth-order valence-electron chi connectivity index (χ4n) is 3.87. The number of carbonyl (C=O) groups excluding carboxylic acids is 1. The van der Waals surface area contributed by atoms with Crippen LogP contribution >= 0.6 is 0 Å². The highest BCUT2D eigenvalue weighted by Crippen LogP contribution is 2.40. The second kappa shape index (κ2) is 5.85. The Morgan fingerprint density at radius 3 is 2.21 bits per heavy atom. The SMILES string of the molecule is O=C(Nc1c(F)cccc1F)N1C2CCC1CC(n1nccn1)C2. The maximum atomic E-state index is 13.7. The summed E-state index contributed by atoms with van der Waals surface area (Å²) < 4.78 is 27.5. The van der Waals surface area contributed by atoms with E-state index in [-0.39, 0.29) is 18.1 Å². The number of hydrogen-bond acceptors (Lipinski definition) is 3. The number of rotatable bonds is 2. The summed E-state index contributed by atoms with van der Waals surface area (Å²) in [6.45, 7) is 0. The lowest BCUT2D eigenvalue weighted by atomic mass is 9.98. The average Bonchev–Trinajstić information content (AvgIpc) is 3.18. The molecule has 0 radical (unpaired) electrons. The van der Waals surface area contributed by atoms with Crippen molar-refractivity contribution in [3.05, 3.63) is 42.2 Å². The van der Waals surface area contributed by atoms with E-state index < -0.39 is 23.4 Å². The van der Waals surface area contributed by atoms with Gasteiger partial charge in [0.1, 0.15) is 17.3 Å². The number of benzene rings is 1. The van der Waals surface area contributed by atoms with Crippen LogP contribution in [0, 0.1) is 11.6 Å². The molecular weight excluding hydrogens is 316 g/mol. The third-order valence-corrected chi connectivity index (χ3v) is 4.90. The smallest absolute Gasteiger partial charge is 0.318 e. The van der Waals surface area contributed by atoms with Gasteiger partial charge in [-0.05, 0) is 37.8 Å². The number of amides is 2. The highest BCUT2D eigenvalue weighted by atomic mass is 19.1. The molecule has 2 aromatic rings. The molecule has 4 rings (SSSR count). The van der Waals surface area contributed by atoms with Crippen LogP contribution in [0.2, 0.25) is 0 Å². The summed E-state index contributed by atoms with van der Waals surface area (Å²) in [7, 11) is 0. The van der Waals surface area contributed by atoms with Crippen molar-refractivity contribution in [2.75, 3.05) is 5.32 Å². The molecule has 2 saturated heterocycles. The van der Waals surface area contributed by atoms with E-state index >= 15 is 0 Å². The zero-order chi connectivity index (χ0) is 16.7. The summed E-state index contributed by atoms with van der Waals surface area (Å²) in [5.74, 6) is -1.54. The van der Waals surface area contributed by atoms with Gasteiger partial charge in [0.25, 0.3) is 0 Å². The van der Waals surface area contributed by atoms with Gasteiger partial charge < -0.3 is 10.2 Å². The first-order valence-corrected chi connectivity index (χ1v) is 8.02. The third kappa shape index (κ3) is 2.51. The molecule has 0 saturated carbocycles. The zero-order valence-electron chi connectivity index (χ0n) is 12.9. The Balaban J connectivity index is 1.50. The quantitative estimate of drug-likeness (QED) is 0.919. The van der Waals surface area contributed by atoms with Crippen molar-refractivity contribution in [3.8, 4) is 0 Å². The Morgan fingerprint density at radius 2 is 1.62 bits per heavy atom. The second-order valence-corrected chi connectivity index (χ2v) is 6.29. The van der Waals surface area contributed by atoms with Gasteiger partial charge in [-0.3, -0.25) is 0 Å². The molecule has 3 heterocycles. The van der Waals surface area contributed by atoms with E-state index in [1.807, 2.05) is 0 Å². The molecule has 2 bridgehead atoms. The average molecular weight is 333 g/mol. The molecule has 0 spiro atoms. The lowest BCUT2D eigenvalue weighted by molar-refractivity contribution is 0.124. The fraction of sp³-hybridized carbons (Fsp3) is 0.438. The number of anilines is 1. The van der Waals surface area contributed by atoms with Crippen LogP contribution in [0.25, 0.3) is 0 Å². The van der Waals surface area contributed by atoms with Crippen LogP contribution in [0.15, 0.2) is 30.6 Å². The van der Waals surface area contributed by atoms with E-state index in [0.717, 1.165) is 37.8 Å². The molecule has 2 aliphatic heterocycles. The largest absolute Gasteiger partial charge is 0.322 e. The Labute approximate surface area is 137 Å². The molecule has 1 aromatic carbocycles. The number of piperidine rings is 1. The van der Waals surface area contributed by atoms with E-state index in [0.29, 0.717) is 0 Å². The standard InChI is InChI=1S/C16H17F2N5O/c17-13-2-1-3-14(18)15(13)21-16(24)22-10-4-5-11(22)9-12(8-10)23-19-6-7-20-23/h1-3,6-7,10-12H,4-5,8-9H2,(H,21,24). The first-order chi connectivity index (χ1) is 11.6. The zero-order valence-corrected chi connectivity index (χ0v) is 12.9. The van der Waals surface area contributed by atoms with Crippen LogP contribution in [-0.4, -0.2) is 38.0 Å². The molecule has 126 valence electrons. The summed E-state index contributed by atoms with van der Waals surface area (Å²) in [5.41, 5.74) is -0.391. The lowest BCUT2D eigenvalue weighted by Gasteiger charge is -2.38. The number of halogens is 2. The normalized spacial score (nSPS) is 25.8. The van der Waals surface area contributed by atoms with Crippen molar-refractivity contribution < 1.29 is 13.6 Å². The monoisotopic (exact) mass is 333 g/mol. The molecule has 0 aliphatic carbocycles. The number of nitrogens with zero attached hydrogens (tertiary/aromatic N) is 4. The first kappa shape index (κ1) is 15.0. The molecule has 2 fully saturated rings. The molecule has 1 aromatic heterocycles. The second-order valence-electron chi connectivity index (χ2n) is 6.29. The number of nitrogens with one attached hydrogen (secondary N) is 1. The maximum absolute atomic E-state index is 13.7. The van der Waals surface area contributed by atoms with Gasteiger partial charge in [-0.1, -0.05) is 6.07 Å². The highest BCUT2D eigenvalue weighted by molar-refractivity contribution is 5.90. The Kier molecular flexibility index (Phi) is 3.66. The van der Waals surface area contributed by atoms with Crippen molar-refractivity contribution in [1.82, 2.24) is 19.9 Å². The molecule has 2 unspecified atom stereocenters. The summed E-state index contributed by atoms with van der Waals surface area (Å²) >= 11 is 0.